The molecule has 139 heavy (non-hydrogen) atoms. The molecule has 19 aromatic carbocycles. The van der Waals surface area contributed by atoms with Crippen LogP contribution in [-0.2, 0) is 0 Å². The van der Waals surface area contributed by atoms with Gasteiger partial charge in [0.15, 0.2) is 63.6 Å². The zero-order chi connectivity index (χ0) is 91.8. The summed E-state index contributed by atoms with van der Waals surface area (Å²) in [6.07, 6.45) is 5.34. The summed E-state index contributed by atoms with van der Waals surface area (Å²) in [5, 5.41) is 19.9. The van der Waals surface area contributed by atoms with Crippen LogP contribution >= 0.6 is 0 Å². The highest BCUT2D eigenvalue weighted by molar-refractivity contribution is 6.17. The number of fused-ring (bicyclic) bond motifs is 16. The number of para-hydroxylation sites is 1. The Balaban J connectivity index is 0.000000108. The molecule has 15 heteroatoms. The molecule has 28 aromatic rings. The van der Waals surface area contributed by atoms with Crippen molar-refractivity contribution in [2.45, 2.75) is 0 Å². The van der Waals surface area contributed by atoms with E-state index in [1.54, 1.807) is 12.4 Å². The molecular formula is C124H74N12O3. The Bertz CT molecular complexity index is 9360. The first-order valence-electron chi connectivity index (χ1n) is 46.1. The molecule has 0 radical (unpaired) electrons. The molecule has 0 saturated heterocycles. The molecule has 0 saturated carbocycles. The second-order valence-electron chi connectivity index (χ2n) is 34.5. The van der Waals surface area contributed by atoms with Crippen molar-refractivity contribution in [3.63, 3.8) is 0 Å². The fourth-order valence-electron chi connectivity index (χ4n) is 19.3. The molecule has 28 rings (SSSR count). The second kappa shape index (κ2) is 34.2. The summed E-state index contributed by atoms with van der Waals surface area (Å²) in [7, 11) is 0. The first kappa shape index (κ1) is 80.7. The summed E-state index contributed by atoms with van der Waals surface area (Å²) in [4.78, 5) is 59.6. The van der Waals surface area contributed by atoms with Gasteiger partial charge in [-0.15, -0.1) is 0 Å². The molecule has 648 valence electrons. The van der Waals surface area contributed by atoms with Gasteiger partial charge in [-0.2, -0.15) is 0 Å². The van der Waals surface area contributed by atoms with Gasteiger partial charge in [-0.3, -0.25) is 9.97 Å². The molecule has 15 nitrogen and oxygen atoms in total. The normalized spacial score (nSPS) is 11.6. The van der Waals surface area contributed by atoms with Crippen LogP contribution in [0.4, 0.5) is 0 Å². The molecule has 0 bridgehead atoms. The number of rotatable bonds is 12. The lowest BCUT2D eigenvalue weighted by molar-refractivity contribution is 0.667. The Hall–Kier alpha value is -19.1. The van der Waals surface area contributed by atoms with Gasteiger partial charge in [0.2, 0.25) is 0 Å². The van der Waals surface area contributed by atoms with Crippen LogP contribution in [-0.4, -0.2) is 59.8 Å². The maximum atomic E-state index is 6.35. The van der Waals surface area contributed by atoms with E-state index in [0.29, 0.717) is 63.7 Å². The lowest BCUT2D eigenvalue weighted by atomic mass is 9.97. The Morgan fingerprint density at radius 3 is 1.02 bits per heavy atom. The van der Waals surface area contributed by atoms with Crippen LogP contribution in [0.2, 0.25) is 0 Å². The summed E-state index contributed by atoms with van der Waals surface area (Å²) in [5.74, 6) is 5.18. The van der Waals surface area contributed by atoms with Crippen LogP contribution in [0.1, 0.15) is 0 Å². The third-order valence-electron chi connectivity index (χ3n) is 26.1. The van der Waals surface area contributed by atoms with E-state index >= 15 is 0 Å². The lowest BCUT2D eigenvalue weighted by Crippen LogP contribution is -2.01. The topological polar surface area (TPSA) is 194 Å². The van der Waals surface area contributed by atoms with E-state index in [1.807, 2.05) is 128 Å². The van der Waals surface area contributed by atoms with Crippen LogP contribution in [0.15, 0.2) is 463 Å². The number of furan rings is 3. The third kappa shape index (κ3) is 15.0. The zero-order valence-corrected chi connectivity index (χ0v) is 74.3. The van der Waals surface area contributed by atoms with Crippen molar-refractivity contribution in [2.24, 2.45) is 0 Å². The Kier molecular flexibility index (Phi) is 19.8. The largest absolute Gasteiger partial charge is 0.456 e. The first-order valence-corrected chi connectivity index (χ1v) is 46.1. The van der Waals surface area contributed by atoms with E-state index in [4.69, 9.17) is 68.1 Å². The smallest absolute Gasteiger partial charge is 0.183 e. The average molecular weight is 1780 g/mol. The fraction of sp³-hybridized carbons (Fsp3) is 0. The monoisotopic (exact) mass is 1780 g/mol. The first-order chi connectivity index (χ1) is 68.8. The van der Waals surface area contributed by atoms with Crippen LogP contribution < -0.4 is 0 Å². The molecule has 0 amide bonds. The van der Waals surface area contributed by atoms with E-state index in [1.165, 1.54) is 49.0 Å². The van der Waals surface area contributed by atoms with E-state index in [-0.39, 0.29) is 0 Å². The highest BCUT2D eigenvalue weighted by atomic mass is 16.3. The zero-order valence-electron chi connectivity index (χ0n) is 74.3. The highest BCUT2D eigenvalue weighted by Gasteiger charge is 2.26. The van der Waals surface area contributed by atoms with Crippen molar-refractivity contribution < 1.29 is 13.3 Å². The van der Waals surface area contributed by atoms with Crippen molar-refractivity contribution >= 4 is 141 Å². The van der Waals surface area contributed by atoms with Gasteiger partial charge < -0.3 is 13.3 Å². The molecule has 0 spiro atoms. The molecule has 0 aliphatic carbocycles. The van der Waals surface area contributed by atoms with Crippen LogP contribution in [0.3, 0.4) is 0 Å². The van der Waals surface area contributed by atoms with E-state index < -0.39 is 0 Å². The molecule has 9 heterocycles. The van der Waals surface area contributed by atoms with Gasteiger partial charge in [-0.1, -0.05) is 376 Å². The Labute approximate surface area is 794 Å². The summed E-state index contributed by atoms with van der Waals surface area (Å²) in [5.41, 5.74) is 21.0. The van der Waals surface area contributed by atoms with E-state index in [9.17, 15) is 0 Å². The minimum absolute atomic E-state index is 0.499. The van der Waals surface area contributed by atoms with Gasteiger partial charge >= 0.3 is 0 Å². The minimum atomic E-state index is 0.499. The molecule has 0 aliphatic rings. The predicted octanol–water partition coefficient (Wildman–Crippen LogP) is 31.6. The van der Waals surface area contributed by atoms with Gasteiger partial charge in [-0.25, -0.2) is 49.8 Å². The van der Waals surface area contributed by atoms with E-state index in [0.717, 1.165) is 165 Å². The third-order valence-corrected chi connectivity index (χ3v) is 26.1. The number of hydrogen-bond donors (Lipinski definition) is 0. The number of aromatic nitrogens is 12. The van der Waals surface area contributed by atoms with Crippen LogP contribution in [0.5, 0.6) is 0 Å². The Morgan fingerprint density at radius 2 is 0.511 bits per heavy atom. The van der Waals surface area contributed by atoms with Crippen molar-refractivity contribution in [2.75, 3.05) is 0 Å². The van der Waals surface area contributed by atoms with Crippen molar-refractivity contribution in [3.8, 4) is 136 Å². The van der Waals surface area contributed by atoms with E-state index in [2.05, 4.69) is 314 Å². The molecule has 0 unspecified atom stereocenters. The maximum absolute atomic E-state index is 6.35. The van der Waals surface area contributed by atoms with Crippen LogP contribution in [0.25, 0.3) is 277 Å². The maximum Gasteiger partial charge on any atom is 0.183 e. The van der Waals surface area contributed by atoms with Gasteiger partial charge in [0.1, 0.15) is 33.5 Å². The quantitative estimate of drug-likeness (QED) is 0.112. The van der Waals surface area contributed by atoms with Gasteiger partial charge in [-0.05, 0) is 153 Å². The van der Waals surface area contributed by atoms with Crippen molar-refractivity contribution in [3.05, 3.63) is 449 Å². The minimum Gasteiger partial charge on any atom is -0.456 e. The summed E-state index contributed by atoms with van der Waals surface area (Å²) in [6.45, 7) is 0. The average Bonchev–Trinajstić information content (AvgIpc) is 1.62. The number of hydrogen-bond acceptors (Lipinski definition) is 15. The molecular weight excluding hydrogens is 1710 g/mol. The SMILES string of the molecule is c1ccc(-c2nc(-c3ccc(-c4cccc5ccccc45)cc3)nc(-c3cncc4oc5cc6ccccc6cc5c34)n2)cc1.c1ccc(-c2nc(-c3ccc(-c4cccc5ccccc45)cc3)nc(-c3nccc4oc5cc6ccccc6cc5c34)n2)cc1.c1ccc2cc(-c3nc(-c4ccc(-c5cccc6ccccc56)cc4)nc(-c4cccc5oc6cc7ccccc7nc6c45)n3)ccc2c1. The number of benzene rings is 19. The molecule has 0 atom stereocenters. The van der Waals surface area contributed by atoms with Crippen molar-refractivity contribution in [1.82, 2.24) is 59.8 Å². The Morgan fingerprint density at radius 1 is 0.165 bits per heavy atom. The predicted molar refractivity (Wildman–Crippen MR) is 562 cm³/mol. The van der Waals surface area contributed by atoms with Gasteiger partial charge in [0, 0.05) is 78.4 Å². The van der Waals surface area contributed by atoms with Gasteiger partial charge in [0.25, 0.3) is 0 Å². The number of pyridine rings is 3. The molecule has 0 aliphatic heterocycles. The fourth-order valence-corrected chi connectivity index (χ4v) is 19.3. The number of nitrogens with zero attached hydrogens (tertiary/aromatic N) is 12. The molecule has 9 aromatic heterocycles. The summed E-state index contributed by atoms with van der Waals surface area (Å²) < 4.78 is 19.0. The van der Waals surface area contributed by atoms with Crippen LogP contribution in [0, 0.1) is 0 Å². The van der Waals surface area contributed by atoms with Crippen molar-refractivity contribution in [1.29, 1.82) is 0 Å². The van der Waals surface area contributed by atoms with Gasteiger partial charge in [0.05, 0.1) is 22.5 Å². The molecule has 0 N–H and O–H groups in total. The summed E-state index contributed by atoms with van der Waals surface area (Å²) in [6, 6.07) is 148. The second-order valence-corrected chi connectivity index (χ2v) is 34.5. The standard InChI is InChI=1S/C44H26N4O.2C40H24N4O/c1-2-11-31-25-33(24-19-27(31)9-1)43-46-42(30-22-20-29(21-23-30)35-15-7-13-28-10-3-5-14-34(28)35)47-44(48-43)36-16-8-18-38-40(36)41-39(49-38)26-32-12-4-6-17-37(32)45-41;1-2-10-27(11-3-1)38-42-39(28-19-17-26(18-20-28)32-16-8-14-25-9-6-7-15-31(25)32)44-40(43-38)34-23-41-24-36-37(34)33-21-29-12-4-5-13-30(29)22-35(33)45-36;1-2-10-27(11-3-1)38-42-39(28-19-17-26(18-20-28)32-16-8-14-25-9-6-7-15-31(25)32)44-40(43-38)37-36-33-23-29-12-4-5-13-30(29)24-35(33)45-34(36)21-22-41-37/h1-26H;2*1-24H. The summed E-state index contributed by atoms with van der Waals surface area (Å²) >= 11 is 0. The lowest BCUT2D eigenvalue weighted by Gasteiger charge is -2.11. The highest BCUT2D eigenvalue weighted by Crippen LogP contribution is 2.44. The molecule has 0 fully saturated rings.